The lowest BCUT2D eigenvalue weighted by Gasteiger charge is -2.15. The number of amides is 2. The van der Waals surface area contributed by atoms with Crippen molar-refractivity contribution in [1.82, 2.24) is 0 Å². The van der Waals surface area contributed by atoms with E-state index in [9.17, 15) is 9.59 Å². The number of anilines is 1. The fourth-order valence-corrected chi connectivity index (χ4v) is 2.87. The van der Waals surface area contributed by atoms with E-state index in [0.29, 0.717) is 16.5 Å². The lowest BCUT2D eigenvalue weighted by Crippen LogP contribution is -2.29. The van der Waals surface area contributed by atoms with Crippen LogP contribution in [0.4, 0.5) is 5.69 Å². The Morgan fingerprint density at radius 2 is 1.62 bits per heavy atom. The van der Waals surface area contributed by atoms with Gasteiger partial charge in [-0.25, -0.2) is 0 Å². The van der Waals surface area contributed by atoms with Gasteiger partial charge in [0.15, 0.2) is 5.17 Å². The average molecular weight is 296 g/mol. The van der Waals surface area contributed by atoms with Crippen LogP contribution in [0.5, 0.6) is 0 Å². The number of hydrogen-bond acceptors (Lipinski definition) is 3. The van der Waals surface area contributed by atoms with Gasteiger partial charge in [-0.3, -0.25) is 14.5 Å². The minimum Gasteiger partial charge on any atom is -0.273 e. The van der Waals surface area contributed by atoms with Gasteiger partial charge < -0.3 is 0 Å². The SMILES string of the molecule is O=C(N=C1SCC(=O)N1c1ccccc1)c1ccccc1. The highest BCUT2D eigenvalue weighted by molar-refractivity contribution is 8.15. The second-order valence-corrected chi connectivity index (χ2v) is 5.36. The Labute approximate surface area is 126 Å². The van der Waals surface area contributed by atoms with E-state index >= 15 is 0 Å². The number of aliphatic imine (C=N–C) groups is 1. The summed E-state index contributed by atoms with van der Waals surface area (Å²) in [6, 6.07) is 18.1. The summed E-state index contributed by atoms with van der Waals surface area (Å²) in [5, 5.41) is 0.431. The molecule has 0 unspecified atom stereocenters. The number of benzene rings is 2. The van der Waals surface area contributed by atoms with Gasteiger partial charge in [0.25, 0.3) is 5.91 Å². The van der Waals surface area contributed by atoms with E-state index in [-0.39, 0.29) is 11.8 Å². The Hall–Kier alpha value is -2.40. The first-order chi connectivity index (χ1) is 10.3. The topological polar surface area (TPSA) is 49.7 Å². The number of carbonyl (C=O) groups excluding carboxylic acids is 2. The summed E-state index contributed by atoms with van der Waals surface area (Å²) >= 11 is 1.28. The van der Waals surface area contributed by atoms with Crippen LogP contribution in [-0.2, 0) is 4.79 Å². The number of amidine groups is 1. The van der Waals surface area contributed by atoms with Gasteiger partial charge in [-0.1, -0.05) is 48.2 Å². The smallest absolute Gasteiger partial charge is 0.273 e. The summed E-state index contributed by atoms with van der Waals surface area (Å²) in [6.07, 6.45) is 0. The molecule has 0 saturated carbocycles. The molecule has 0 bridgehead atoms. The molecule has 0 aliphatic carbocycles. The largest absolute Gasteiger partial charge is 0.279 e. The summed E-state index contributed by atoms with van der Waals surface area (Å²) in [5.41, 5.74) is 1.24. The summed E-state index contributed by atoms with van der Waals surface area (Å²) in [7, 11) is 0. The minimum atomic E-state index is -0.339. The molecule has 5 heteroatoms. The van der Waals surface area contributed by atoms with E-state index in [1.807, 2.05) is 36.4 Å². The fourth-order valence-electron chi connectivity index (χ4n) is 2.01. The molecule has 1 aliphatic heterocycles. The van der Waals surface area contributed by atoms with Crippen LogP contribution < -0.4 is 4.90 Å². The predicted molar refractivity (Wildman–Crippen MR) is 84.6 cm³/mol. The van der Waals surface area contributed by atoms with Crippen molar-refractivity contribution < 1.29 is 9.59 Å². The van der Waals surface area contributed by atoms with Crippen LogP contribution in [0.25, 0.3) is 0 Å². The molecule has 1 aliphatic rings. The standard InChI is InChI=1S/C16H12N2O2S/c19-14-11-21-16(18(14)13-9-5-2-6-10-13)17-15(20)12-7-3-1-4-8-12/h1-10H,11H2. The summed E-state index contributed by atoms with van der Waals surface area (Å²) in [6.45, 7) is 0. The first-order valence-corrected chi connectivity index (χ1v) is 7.43. The third-order valence-corrected chi connectivity index (χ3v) is 3.92. The van der Waals surface area contributed by atoms with Crippen LogP contribution in [0.3, 0.4) is 0 Å². The molecule has 1 fully saturated rings. The molecule has 0 N–H and O–H groups in total. The van der Waals surface area contributed by atoms with Crippen LogP contribution in [0.15, 0.2) is 65.7 Å². The Balaban J connectivity index is 1.92. The first-order valence-electron chi connectivity index (χ1n) is 6.44. The molecule has 0 atom stereocenters. The zero-order chi connectivity index (χ0) is 14.7. The molecular weight excluding hydrogens is 284 g/mol. The second kappa shape index (κ2) is 5.93. The zero-order valence-corrected chi connectivity index (χ0v) is 11.9. The maximum Gasteiger partial charge on any atom is 0.279 e. The van der Waals surface area contributed by atoms with Gasteiger partial charge in [-0.15, -0.1) is 0 Å². The molecule has 2 amide bonds. The maximum absolute atomic E-state index is 12.1. The molecule has 2 aromatic rings. The lowest BCUT2D eigenvalue weighted by molar-refractivity contribution is -0.115. The van der Waals surface area contributed by atoms with Crippen molar-refractivity contribution in [3.8, 4) is 0 Å². The Kier molecular flexibility index (Phi) is 3.83. The Bertz CT molecular complexity index is 699. The molecule has 4 nitrogen and oxygen atoms in total. The number of para-hydroxylation sites is 1. The molecule has 0 aromatic heterocycles. The van der Waals surface area contributed by atoms with Gasteiger partial charge in [-0.2, -0.15) is 4.99 Å². The summed E-state index contributed by atoms with van der Waals surface area (Å²) < 4.78 is 0. The monoisotopic (exact) mass is 296 g/mol. The third kappa shape index (κ3) is 2.87. The lowest BCUT2D eigenvalue weighted by atomic mass is 10.2. The van der Waals surface area contributed by atoms with Crippen LogP contribution in [-0.4, -0.2) is 22.7 Å². The quantitative estimate of drug-likeness (QED) is 0.856. The Morgan fingerprint density at radius 1 is 1.00 bits per heavy atom. The average Bonchev–Trinajstić information content (AvgIpc) is 2.89. The molecule has 0 spiro atoms. The van der Waals surface area contributed by atoms with Crippen molar-refractivity contribution in [2.45, 2.75) is 0 Å². The van der Waals surface area contributed by atoms with Crippen molar-refractivity contribution in [2.75, 3.05) is 10.7 Å². The van der Waals surface area contributed by atoms with Crippen LogP contribution >= 0.6 is 11.8 Å². The molecule has 2 aromatic carbocycles. The van der Waals surface area contributed by atoms with E-state index in [0.717, 1.165) is 5.69 Å². The van der Waals surface area contributed by atoms with E-state index < -0.39 is 0 Å². The van der Waals surface area contributed by atoms with Gasteiger partial charge in [0.05, 0.1) is 11.4 Å². The van der Waals surface area contributed by atoms with Crippen molar-refractivity contribution >= 4 is 34.4 Å². The van der Waals surface area contributed by atoms with Gasteiger partial charge in [0.1, 0.15) is 0 Å². The molecule has 1 heterocycles. The van der Waals surface area contributed by atoms with Gasteiger partial charge in [0, 0.05) is 5.56 Å². The van der Waals surface area contributed by atoms with Crippen molar-refractivity contribution in [3.63, 3.8) is 0 Å². The normalized spacial score (nSPS) is 16.5. The molecule has 104 valence electrons. The number of carbonyl (C=O) groups is 2. The Morgan fingerprint density at radius 3 is 2.29 bits per heavy atom. The first kappa shape index (κ1) is 13.6. The minimum absolute atomic E-state index is 0.0641. The molecule has 0 radical (unpaired) electrons. The molecule has 21 heavy (non-hydrogen) atoms. The highest BCUT2D eigenvalue weighted by atomic mass is 32.2. The molecule has 3 rings (SSSR count). The highest BCUT2D eigenvalue weighted by Gasteiger charge is 2.30. The van der Waals surface area contributed by atoms with Gasteiger partial charge >= 0.3 is 0 Å². The van der Waals surface area contributed by atoms with E-state index in [1.54, 1.807) is 24.3 Å². The molecule has 1 saturated heterocycles. The van der Waals surface area contributed by atoms with Crippen LogP contribution in [0.1, 0.15) is 10.4 Å². The second-order valence-electron chi connectivity index (χ2n) is 4.42. The van der Waals surface area contributed by atoms with Crippen molar-refractivity contribution in [2.24, 2.45) is 4.99 Å². The van der Waals surface area contributed by atoms with Crippen molar-refractivity contribution in [3.05, 3.63) is 66.2 Å². The summed E-state index contributed by atoms with van der Waals surface area (Å²) in [5.74, 6) is -0.102. The molecular formula is C16H12N2O2S. The predicted octanol–water partition coefficient (Wildman–Crippen LogP) is 2.96. The van der Waals surface area contributed by atoms with E-state index in [4.69, 9.17) is 0 Å². The fraction of sp³-hybridized carbons (Fsp3) is 0.0625. The van der Waals surface area contributed by atoms with E-state index in [1.165, 1.54) is 16.7 Å². The van der Waals surface area contributed by atoms with Gasteiger partial charge in [0.2, 0.25) is 5.91 Å². The highest BCUT2D eigenvalue weighted by Crippen LogP contribution is 2.26. The zero-order valence-electron chi connectivity index (χ0n) is 11.1. The van der Waals surface area contributed by atoms with Gasteiger partial charge in [-0.05, 0) is 24.3 Å². The number of rotatable bonds is 2. The number of nitrogens with zero attached hydrogens (tertiary/aromatic N) is 2. The maximum atomic E-state index is 12.1. The third-order valence-electron chi connectivity index (χ3n) is 3.00. The number of hydrogen-bond donors (Lipinski definition) is 0. The van der Waals surface area contributed by atoms with Crippen LogP contribution in [0.2, 0.25) is 0 Å². The van der Waals surface area contributed by atoms with Crippen molar-refractivity contribution in [1.29, 1.82) is 0 Å². The summed E-state index contributed by atoms with van der Waals surface area (Å²) in [4.78, 5) is 29.8. The number of thioether (sulfide) groups is 1. The van der Waals surface area contributed by atoms with Crippen LogP contribution in [0, 0.1) is 0 Å². The van der Waals surface area contributed by atoms with E-state index in [2.05, 4.69) is 4.99 Å².